The standard InChI is InChI=1S/C14H24N2O5S3/c17-23(18)6-3-11(9-23)15-14(22)16(8-13-2-1-5-21-13)12-4-7-24(19,20)10-12/h11-13H,1-10H2,(H,15,22). The molecule has 1 N–H and O–H groups in total. The monoisotopic (exact) mass is 396 g/mol. The van der Waals surface area contributed by atoms with Crippen LogP contribution in [0.25, 0.3) is 0 Å². The number of hydrogen-bond acceptors (Lipinski definition) is 6. The summed E-state index contributed by atoms with van der Waals surface area (Å²) in [5.74, 6) is 0.547. The predicted molar refractivity (Wildman–Crippen MR) is 95.5 cm³/mol. The molecule has 3 rings (SSSR count). The molecule has 0 aliphatic carbocycles. The van der Waals surface area contributed by atoms with Crippen LogP contribution in [0.1, 0.15) is 25.7 Å². The molecule has 138 valence electrons. The molecule has 0 saturated carbocycles. The second-order valence-corrected chi connectivity index (χ2v) is 11.7. The molecule has 0 amide bonds. The molecule has 0 aromatic heterocycles. The van der Waals surface area contributed by atoms with Crippen molar-refractivity contribution in [3.63, 3.8) is 0 Å². The largest absolute Gasteiger partial charge is 0.376 e. The third-order valence-electron chi connectivity index (χ3n) is 4.89. The number of ether oxygens (including phenoxy) is 1. The normalized spacial score (nSPS) is 34.2. The summed E-state index contributed by atoms with van der Waals surface area (Å²) in [5.41, 5.74) is 0. The topological polar surface area (TPSA) is 92.8 Å². The zero-order valence-corrected chi connectivity index (χ0v) is 16.0. The second kappa shape index (κ2) is 7.05. The first kappa shape index (κ1) is 18.3. The molecule has 7 nitrogen and oxygen atoms in total. The molecule has 3 unspecified atom stereocenters. The maximum absolute atomic E-state index is 11.8. The summed E-state index contributed by atoms with van der Waals surface area (Å²) >= 11 is 5.50. The highest BCUT2D eigenvalue weighted by atomic mass is 32.2. The van der Waals surface area contributed by atoms with Gasteiger partial charge in [-0.05, 0) is 37.9 Å². The molecular weight excluding hydrogens is 372 g/mol. The van der Waals surface area contributed by atoms with Gasteiger partial charge in [-0.25, -0.2) is 16.8 Å². The van der Waals surface area contributed by atoms with Crippen molar-refractivity contribution >= 4 is 37.0 Å². The Morgan fingerprint density at radius 2 is 1.79 bits per heavy atom. The van der Waals surface area contributed by atoms with Crippen LogP contribution in [0.2, 0.25) is 0 Å². The highest BCUT2D eigenvalue weighted by molar-refractivity contribution is 7.92. The first-order chi connectivity index (χ1) is 11.2. The summed E-state index contributed by atoms with van der Waals surface area (Å²) in [6.45, 7) is 1.29. The summed E-state index contributed by atoms with van der Waals surface area (Å²) in [6.07, 6.45) is 3.10. The van der Waals surface area contributed by atoms with Crippen LogP contribution in [-0.2, 0) is 24.4 Å². The van der Waals surface area contributed by atoms with Crippen LogP contribution in [0, 0.1) is 0 Å². The molecule has 3 heterocycles. The fourth-order valence-corrected chi connectivity index (χ4v) is 7.39. The minimum Gasteiger partial charge on any atom is -0.376 e. The van der Waals surface area contributed by atoms with Crippen molar-refractivity contribution in [3.05, 3.63) is 0 Å². The lowest BCUT2D eigenvalue weighted by Crippen LogP contribution is -2.52. The Balaban J connectivity index is 1.67. The molecule has 3 aliphatic rings. The van der Waals surface area contributed by atoms with Gasteiger partial charge in [0.05, 0.1) is 29.1 Å². The SMILES string of the molecule is O=S1(=O)CCC(NC(=S)N(CC2CCCO2)C2CCS(=O)(=O)C2)C1. The number of sulfone groups is 2. The van der Waals surface area contributed by atoms with E-state index in [9.17, 15) is 16.8 Å². The van der Waals surface area contributed by atoms with E-state index in [4.69, 9.17) is 17.0 Å². The van der Waals surface area contributed by atoms with E-state index >= 15 is 0 Å². The maximum Gasteiger partial charge on any atom is 0.169 e. The van der Waals surface area contributed by atoms with Gasteiger partial charge in [-0.2, -0.15) is 0 Å². The van der Waals surface area contributed by atoms with Crippen LogP contribution in [0.3, 0.4) is 0 Å². The number of hydrogen-bond donors (Lipinski definition) is 1. The fraction of sp³-hybridized carbons (Fsp3) is 0.929. The minimum absolute atomic E-state index is 0.0559. The van der Waals surface area contributed by atoms with Gasteiger partial charge in [-0.3, -0.25) is 0 Å². The molecule has 3 aliphatic heterocycles. The van der Waals surface area contributed by atoms with E-state index in [1.54, 1.807) is 0 Å². The quantitative estimate of drug-likeness (QED) is 0.649. The third-order valence-corrected chi connectivity index (χ3v) is 8.77. The summed E-state index contributed by atoms with van der Waals surface area (Å²) in [4.78, 5) is 1.92. The minimum atomic E-state index is -3.02. The van der Waals surface area contributed by atoms with E-state index in [1.807, 2.05) is 4.90 Å². The number of thiocarbonyl (C=S) groups is 1. The van der Waals surface area contributed by atoms with Crippen LogP contribution >= 0.6 is 12.2 Å². The average molecular weight is 397 g/mol. The zero-order valence-electron chi connectivity index (χ0n) is 13.5. The van der Waals surface area contributed by atoms with Gasteiger partial charge >= 0.3 is 0 Å². The molecule has 0 aromatic rings. The van der Waals surface area contributed by atoms with Gasteiger partial charge in [0, 0.05) is 25.2 Å². The van der Waals surface area contributed by atoms with Crippen LogP contribution in [0.4, 0.5) is 0 Å². The van der Waals surface area contributed by atoms with E-state index in [2.05, 4.69) is 5.32 Å². The van der Waals surface area contributed by atoms with E-state index < -0.39 is 19.7 Å². The van der Waals surface area contributed by atoms with Gasteiger partial charge in [-0.1, -0.05) is 0 Å². The Morgan fingerprint density at radius 3 is 2.33 bits per heavy atom. The van der Waals surface area contributed by atoms with Crippen LogP contribution in [0.5, 0.6) is 0 Å². The van der Waals surface area contributed by atoms with E-state index in [0.717, 1.165) is 19.4 Å². The lowest BCUT2D eigenvalue weighted by molar-refractivity contribution is 0.0840. The summed E-state index contributed by atoms with van der Waals surface area (Å²) < 4.78 is 52.6. The first-order valence-electron chi connectivity index (χ1n) is 8.34. The van der Waals surface area contributed by atoms with Crippen LogP contribution < -0.4 is 5.32 Å². The highest BCUT2D eigenvalue weighted by Gasteiger charge is 2.36. The van der Waals surface area contributed by atoms with Crippen LogP contribution in [0.15, 0.2) is 0 Å². The second-order valence-electron chi connectivity index (χ2n) is 6.89. The Kier molecular flexibility index (Phi) is 5.39. The molecule has 0 radical (unpaired) electrons. The van der Waals surface area contributed by atoms with Crippen LogP contribution in [-0.4, -0.2) is 81.2 Å². The van der Waals surface area contributed by atoms with E-state index in [0.29, 0.717) is 24.5 Å². The number of nitrogens with zero attached hydrogens (tertiary/aromatic N) is 1. The van der Waals surface area contributed by atoms with Gasteiger partial charge in [0.25, 0.3) is 0 Å². The predicted octanol–water partition coefficient (Wildman–Crippen LogP) is -0.284. The van der Waals surface area contributed by atoms with E-state index in [1.165, 1.54) is 0 Å². The van der Waals surface area contributed by atoms with Crippen molar-refractivity contribution in [2.45, 2.75) is 43.9 Å². The van der Waals surface area contributed by atoms with Gasteiger partial charge in [-0.15, -0.1) is 0 Å². The lowest BCUT2D eigenvalue weighted by atomic mass is 10.1. The zero-order chi connectivity index (χ0) is 17.4. The van der Waals surface area contributed by atoms with Crippen molar-refractivity contribution in [2.75, 3.05) is 36.2 Å². The molecule has 3 fully saturated rings. The Bertz CT molecular complexity index is 685. The van der Waals surface area contributed by atoms with Gasteiger partial charge < -0.3 is 15.0 Å². The van der Waals surface area contributed by atoms with Gasteiger partial charge in [0.2, 0.25) is 0 Å². The lowest BCUT2D eigenvalue weighted by Gasteiger charge is -2.34. The fourth-order valence-electron chi connectivity index (χ4n) is 3.59. The molecule has 3 atom stereocenters. The summed E-state index contributed by atoms with van der Waals surface area (Å²) in [6, 6.07) is -0.343. The summed E-state index contributed by atoms with van der Waals surface area (Å²) in [7, 11) is -6.01. The maximum atomic E-state index is 11.8. The highest BCUT2D eigenvalue weighted by Crippen LogP contribution is 2.22. The van der Waals surface area contributed by atoms with Gasteiger partial charge in [0.1, 0.15) is 0 Å². The molecule has 3 saturated heterocycles. The molecule has 10 heteroatoms. The van der Waals surface area contributed by atoms with Crippen molar-refractivity contribution in [1.82, 2.24) is 10.2 Å². The molecule has 24 heavy (non-hydrogen) atoms. The first-order valence-corrected chi connectivity index (χ1v) is 12.4. The number of rotatable bonds is 4. The Hall–Kier alpha value is -0.450. The molecule has 0 spiro atoms. The van der Waals surface area contributed by atoms with Crippen molar-refractivity contribution in [1.29, 1.82) is 0 Å². The molecule has 0 bridgehead atoms. The summed E-state index contributed by atoms with van der Waals surface area (Å²) in [5, 5.41) is 3.59. The Morgan fingerprint density at radius 1 is 1.08 bits per heavy atom. The smallest absolute Gasteiger partial charge is 0.169 e. The van der Waals surface area contributed by atoms with E-state index in [-0.39, 0.29) is 41.2 Å². The molecular formula is C14H24N2O5S3. The average Bonchev–Trinajstić information content (AvgIpc) is 3.17. The third kappa shape index (κ3) is 4.59. The van der Waals surface area contributed by atoms with Crippen molar-refractivity contribution in [2.24, 2.45) is 0 Å². The number of nitrogens with one attached hydrogen (secondary N) is 1. The van der Waals surface area contributed by atoms with Crippen molar-refractivity contribution < 1.29 is 21.6 Å². The Labute approximate surface area is 148 Å². The van der Waals surface area contributed by atoms with Gasteiger partial charge in [0.15, 0.2) is 24.8 Å². The molecule has 0 aromatic carbocycles. The van der Waals surface area contributed by atoms with Crippen molar-refractivity contribution in [3.8, 4) is 0 Å².